The van der Waals surface area contributed by atoms with Crippen molar-refractivity contribution in [3.05, 3.63) is 68.8 Å². The standard InChI is InChI=1S/C19H19N9O4/c29-27(30)15-5-1-3-13(11-15)21-17-23-18(22-14-4-2-6-16(12-14)28(31)32)25-19(24-17)26-9-7-20-8-10-26/h1-6,11-12,20H,7-10H2,(H2,21,22,23,24,25). The van der Waals surface area contributed by atoms with Gasteiger partial charge in [0.1, 0.15) is 0 Å². The molecule has 1 aliphatic heterocycles. The molecule has 0 amide bonds. The quantitative estimate of drug-likeness (QED) is 0.367. The number of hydrogen-bond acceptors (Lipinski definition) is 11. The van der Waals surface area contributed by atoms with Crippen molar-refractivity contribution in [3.8, 4) is 0 Å². The molecule has 0 radical (unpaired) electrons. The second kappa shape index (κ2) is 9.18. The van der Waals surface area contributed by atoms with Crippen molar-refractivity contribution >= 4 is 40.6 Å². The number of anilines is 5. The normalized spacial score (nSPS) is 13.4. The molecular formula is C19H19N9O4. The fourth-order valence-corrected chi connectivity index (χ4v) is 3.14. The van der Waals surface area contributed by atoms with E-state index < -0.39 is 9.85 Å². The monoisotopic (exact) mass is 437 g/mol. The van der Waals surface area contributed by atoms with Crippen LogP contribution in [0.5, 0.6) is 0 Å². The summed E-state index contributed by atoms with van der Waals surface area (Å²) < 4.78 is 0. The summed E-state index contributed by atoms with van der Waals surface area (Å²) in [5.74, 6) is 0.784. The number of nitrogens with one attached hydrogen (secondary N) is 3. The van der Waals surface area contributed by atoms with Gasteiger partial charge in [0.25, 0.3) is 11.4 Å². The van der Waals surface area contributed by atoms with Gasteiger partial charge >= 0.3 is 0 Å². The van der Waals surface area contributed by atoms with Crippen LogP contribution in [0.3, 0.4) is 0 Å². The lowest BCUT2D eigenvalue weighted by Crippen LogP contribution is -2.44. The van der Waals surface area contributed by atoms with Crippen molar-refractivity contribution in [2.75, 3.05) is 41.7 Å². The first-order chi connectivity index (χ1) is 15.5. The topological polar surface area (TPSA) is 164 Å². The van der Waals surface area contributed by atoms with Gasteiger partial charge in [0, 0.05) is 61.8 Å². The van der Waals surface area contributed by atoms with Crippen molar-refractivity contribution in [2.45, 2.75) is 0 Å². The third-order valence-electron chi connectivity index (χ3n) is 4.65. The Labute approximate surface area is 181 Å². The first-order valence-electron chi connectivity index (χ1n) is 9.73. The molecule has 1 fully saturated rings. The van der Waals surface area contributed by atoms with Gasteiger partial charge in [-0.05, 0) is 12.1 Å². The van der Waals surface area contributed by atoms with Crippen LogP contribution in [0.4, 0.5) is 40.6 Å². The molecule has 164 valence electrons. The van der Waals surface area contributed by atoms with E-state index in [9.17, 15) is 20.2 Å². The highest BCUT2D eigenvalue weighted by molar-refractivity contribution is 5.62. The number of benzene rings is 2. The zero-order valence-corrected chi connectivity index (χ0v) is 16.8. The number of rotatable bonds is 7. The minimum atomic E-state index is -0.486. The third kappa shape index (κ3) is 5.02. The van der Waals surface area contributed by atoms with E-state index in [1.807, 2.05) is 4.90 Å². The Bertz CT molecular complexity index is 1070. The van der Waals surface area contributed by atoms with Crippen molar-refractivity contribution in [1.82, 2.24) is 20.3 Å². The maximum atomic E-state index is 11.1. The highest BCUT2D eigenvalue weighted by Gasteiger charge is 2.17. The van der Waals surface area contributed by atoms with E-state index in [2.05, 4.69) is 30.9 Å². The van der Waals surface area contributed by atoms with Crippen molar-refractivity contribution in [1.29, 1.82) is 0 Å². The van der Waals surface area contributed by atoms with Crippen LogP contribution < -0.4 is 20.9 Å². The maximum Gasteiger partial charge on any atom is 0.271 e. The van der Waals surface area contributed by atoms with Gasteiger partial charge < -0.3 is 20.9 Å². The zero-order chi connectivity index (χ0) is 22.5. The molecule has 1 aliphatic rings. The molecule has 4 rings (SSSR count). The molecule has 3 aromatic rings. The molecule has 0 atom stereocenters. The zero-order valence-electron chi connectivity index (χ0n) is 16.8. The Morgan fingerprint density at radius 1 is 0.812 bits per heavy atom. The van der Waals surface area contributed by atoms with Gasteiger partial charge in [-0.2, -0.15) is 15.0 Å². The molecule has 13 nitrogen and oxygen atoms in total. The number of nitrogens with zero attached hydrogens (tertiary/aromatic N) is 6. The number of nitro groups is 2. The first-order valence-corrected chi connectivity index (χ1v) is 9.73. The SMILES string of the molecule is O=[N+]([O-])c1cccc(Nc2nc(Nc3cccc([N+](=O)[O-])c3)nc(N3CCNCC3)n2)c1. The Kier molecular flexibility index (Phi) is 5.98. The van der Waals surface area contributed by atoms with Crippen LogP contribution in [0.15, 0.2) is 48.5 Å². The molecule has 0 spiro atoms. The second-order valence-electron chi connectivity index (χ2n) is 6.88. The van der Waals surface area contributed by atoms with Crippen molar-refractivity contribution in [2.24, 2.45) is 0 Å². The van der Waals surface area contributed by atoms with Crippen LogP contribution in [0, 0.1) is 20.2 Å². The van der Waals surface area contributed by atoms with Crippen LogP contribution in [0.2, 0.25) is 0 Å². The van der Waals surface area contributed by atoms with E-state index in [1.54, 1.807) is 24.3 Å². The van der Waals surface area contributed by atoms with E-state index in [0.717, 1.165) is 13.1 Å². The van der Waals surface area contributed by atoms with E-state index >= 15 is 0 Å². The molecule has 32 heavy (non-hydrogen) atoms. The highest BCUT2D eigenvalue weighted by Crippen LogP contribution is 2.24. The van der Waals surface area contributed by atoms with E-state index in [0.29, 0.717) is 30.4 Å². The molecule has 3 N–H and O–H groups in total. The van der Waals surface area contributed by atoms with Crippen LogP contribution in [-0.2, 0) is 0 Å². The molecule has 1 saturated heterocycles. The third-order valence-corrected chi connectivity index (χ3v) is 4.65. The molecule has 0 aliphatic carbocycles. The van der Waals surface area contributed by atoms with E-state index in [1.165, 1.54) is 24.3 Å². The Morgan fingerprint density at radius 3 is 1.78 bits per heavy atom. The Balaban J connectivity index is 1.66. The Morgan fingerprint density at radius 2 is 1.31 bits per heavy atom. The van der Waals surface area contributed by atoms with Gasteiger partial charge in [-0.15, -0.1) is 0 Å². The second-order valence-corrected chi connectivity index (χ2v) is 6.88. The van der Waals surface area contributed by atoms with E-state index in [4.69, 9.17) is 0 Å². The Hall–Kier alpha value is -4.39. The minimum absolute atomic E-state index is 0.0682. The van der Waals surface area contributed by atoms with Crippen LogP contribution in [0.1, 0.15) is 0 Å². The summed E-state index contributed by atoms with van der Waals surface area (Å²) in [4.78, 5) is 36.4. The van der Waals surface area contributed by atoms with Gasteiger partial charge in [0.05, 0.1) is 9.85 Å². The van der Waals surface area contributed by atoms with Crippen molar-refractivity contribution < 1.29 is 9.85 Å². The molecular weight excluding hydrogens is 418 g/mol. The largest absolute Gasteiger partial charge is 0.338 e. The van der Waals surface area contributed by atoms with E-state index in [-0.39, 0.29) is 23.3 Å². The molecule has 1 aromatic heterocycles. The molecule has 0 bridgehead atoms. The first kappa shape index (κ1) is 20.9. The molecule has 0 unspecified atom stereocenters. The van der Waals surface area contributed by atoms with Crippen LogP contribution in [0.25, 0.3) is 0 Å². The predicted octanol–water partition coefficient (Wildman–Crippen LogP) is 2.58. The van der Waals surface area contributed by atoms with Crippen LogP contribution in [-0.4, -0.2) is 51.0 Å². The fraction of sp³-hybridized carbons (Fsp3) is 0.211. The lowest BCUT2D eigenvalue weighted by atomic mass is 10.3. The van der Waals surface area contributed by atoms with Gasteiger partial charge in [-0.25, -0.2) is 0 Å². The minimum Gasteiger partial charge on any atom is -0.338 e. The average Bonchev–Trinajstić information content (AvgIpc) is 2.80. The summed E-state index contributed by atoms with van der Waals surface area (Å²) in [6, 6.07) is 12.0. The van der Waals surface area contributed by atoms with Gasteiger partial charge in [-0.1, -0.05) is 12.1 Å². The predicted molar refractivity (Wildman–Crippen MR) is 118 cm³/mol. The van der Waals surface area contributed by atoms with Crippen molar-refractivity contribution in [3.63, 3.8) is 0 Å². The fourth-order valence-electron chi connectivity index (χ4n) is 3.14. The van der Waals surface area contributed by atoms with Gasteiger partial charge in [0.15, 0.2) is 0 Å². The average molecular weight is 437 g/mol. The highest BCUT2D eigenvalue weighted by atomic mass is 16.6. The summed E-state index contributed by atoms with van der Waals surface area (Å²) in [5.41, 5.74) is 0.749. The number of hydrogen-bond donors (Lipinski definition) is 3. The summed E-state index contributed by atoms with van der Waals surface area (Å²) >= 11 is 0. The molecule has 13 heteroatoms. The molecule has 2 heterocycles. The number of non-ortho nitro benzene ring substituents is 2. The molecule has 0 saturated carbocycles. The lowest BCUT2D eigenvalue weighted by Gasteiger charge is -2.27. The molecule has 2 aromatic carbocycles. The van der Waals surface area contributed by atoms with Crippen LogP contribution >= 0.6 is 0 Å². The summed E-state index contributed by atoms with van der Waals surface area (Å²) in [7, 11) is 0. The summed E-state index contributed by atoms with van der Waals surface area (Å²) in [5, 5.41) is 31.3. The number of nitro benzene ring substituents is 2. The summed E-state index contributed by atoms with van der Waals surface area (Å²) in [6.07, 6.45) is 0. The number of piperazine rings is 1. The smallest absolute Gasteiger partial charge is 0.271 e. The van der Waals surface area contributed by atoms with Gasteiger partial charge in [-0.3, -0.25) is 20.2 Å². The lowest BCUT2D eigenvalue weighted by molar-refractivity contribution is -0.385. The number of aromatic nitrogens is 3. The summed E-state index contributed by atoms with van der Waals surface area (Å²) in [6.45, 7) is 2.92. The maximum absolute atomic E-state index is 11.1. The van der Waals surface area contributed by atoms with Gasteiger partial charge in [0.2, 0.25) is 17.8 Å².